The van der Waals surface area contributed by atoms with E-state index in [0.717, 1.165) is 54.7 Å². The number of hydrogen-bond donors (Lipinski definition) is 1. The zero-order valence-electron chi connectivity index (χ0n) is 18.2. The Kier molecular flexibility index (Phi) is 6.75. The van der Waals surface area contributed by atoms with Crippen LogP contribution in [-0.4, -0.2) is 52.1 Å². The number of pyridine rings is 2. The maximum atomic E-state index is 12.9. The second-order valence-electron chi connectivity index (χ2n) is 8.41. The van der Waals surface area contributed by atoms with E-state index in [9.17, 15) is 10.0 Å². The van der Waals surface area contributed by atoms with Gasteiger partial charge in [0, 0.05) is 58.2 Å². The average molecular weight is 606 g/mol. The molecular weight excluding hydrogens is 584 g/mol. The molecule has 3 heterocycles. The largest absolute Gasteiger partial charge is 0.340 e. The van der Waals surface area contributed by atoms with Gasteiger partial charge in [0.1, 0.15) is 0 Å². The molecule has 1 aliphatic heterocycles. The molecule has 5 rings (SSSR count). The molecule has 6 nitrogen and oxygen atoms in total. The van der Waals surface area contributed by atoms with Crippen molar-refractivity contribution in [1.82, 2.24) is 14.8 Å². The molecule has 34 heavy (non-hydrogen) atoms. The highest BCUT2D eigenvalue weighted by Crippen LogP contribution is 2.41. The monoisotopic (exact) mass is 603 g/mol. The first-order valence-corrected chi connectivity index (χ1v) is 12.9. The van der Waals surface area contributed by atoms with Gasteiger partial charge in [-0.25, -0.2) is 0 Å². The number of halogens is 3. The lowest BCUT2D eigenvalue weighted by Crippen LogP contribution is -2.50. The maximum absolute atomic E-state index is 12.9. The van der Waals surface area contributed by atoms with E-state index in [1.807, 2.05) is 17.2 Å². The van der Waals surface area contributed by atoms with Gasteiger partial charge in [0.05, 0.1) is 23.2 Å². The van der Waals surface area contributed by atoms with Crippen LogP contribution in [0.3, 0.4) is 0 Å². The molecule has 174 valence electrons. The van der Waals surface area contributed by atoms with Gasteiger partial charge in [0.2, 0.25) is 18.3 Å². The van der Waals surface area contributed by atoms with Crippen LogP contribution in [0.1, 0.15) is 34.0 Å². The number of hydrogen-bond acceptors (Lipinski definition) is 4. The fourth-order valence-electron chi connectivity index (χ4n) is 4.59. The molecule has 1 aliphatic carbocycles. The van der Waals surface area contributed by atoms with Gasteiger partial charge >= 0.3 is 0 Å². The van der Waals surface area contributed by atoms with E-state index in [0.29, 0.717) is 24.5 Å². The average Bonchev–Trinajstić information content (AvgIpc) is 3.00. The smallest absolute Gasteiger partial charge is 0.227 e. The van der Waals surface area contributed by atoms with Crippen molar-refractivity contribution in [2.75, 3.05) is 26.2 Å². The minimum atomic E-state index is -0.0481. The van der Waals surface area contributed by atoms with Crippen molar-refractivity contribution in [3.05, 3.63) is 90.8 Å². The molecule has 1 amide bonds. The molecule has 9 heteroatoms. The highest BCUT2D eigenvalue weighted by Gasteiger charge is 2.33. The van der Waals surface area contributed by atoms with Crippen LogP contribution in [-0.2, 0) is 11.2 Å². The Balaban J connectivity index is 1.40. The first kappa shape index (κ1) is 23.5. The van der Waals surface area contributed by atoms with Crippen LogP contribution in [0.2, 0.25) is 5.02 Å². The van der Waals surface area contributed by atoms with Crippen molar-refractivity contribution in [3.63, 3.8) is 0 Å². The molecule has 3 aromatic rings. The number of piperazine rings is 1. The van der Waals surface area contributed by atoms with Gasteiger partial charge in [-0.2, -0.15) is 0 Å². The third-order valence-corrected chi connectivity index (χ3v) is 8.17. The summed E-state index contributed by atoms with van der Waals surface area (Å²) in [6, 6.07) is 9.55. The van der Waals surface area contributed by atoms with E-state index in [1.165, 1.54) is 12.4 Å². The van der Waals surface area contributed by atoms with E-state index in [4.69, 9.17) is 16.6 Å². The lowest BCUT2D eigenvalue weighted by Gasteiger charge is -2.40. The molecule has 0 bridgehead atoms. The van der Waals surface area contributed by atoms with E-state index < -0.39 is 0 Å². The normalized spacial score (nSPS) is 17.7. The summed E-state index contributed by atoms with van der Waals surface area (Å²) in [6.45, 7) is 2.76. The van der Waals surface area contributed by atoms with Crippen LogP contribution >= 0.6 is 43.5 Å². The number of benzene rings is 1. The van der Waals surface area contributed by atoms with Crippen LogP contribution in [0.5, 0.6) is 0 Å². The van der Waals surface area contributed by atoms with Crippen LogP contribution in [0.15, 0.2) is 57.9 Å². The van der Waals surface area contributed by atoms with Crippen molar-refractivity contribution >= 4 is 61.5 Å². The summed E-state index contributed by atoms with van der Waals surface area (Å²) in [5, 5.41) is 10.1. The Morgan fingerprint density at radius 3 is 2.59 bits per heavy atom. The van der Waals surface area contributed by atoms with Crippen molar-refractivity contribution in [3.8, 4) is 0 Å². The van der Waals surface area contributed by atoms with E-state index in [-0.39, 0.29) is 11.9 Å². The minimum Gasteiger partial charge on any atom is -0.340 e. The molecule has 1 aromatic carbocycles. The fourth-order valence-corrected chi connectivity index (χ4v) is 5.60. The number of aromatic nitrogens is 2. The molecule has 2 aliphatic rings. The summed E-state index contributed by atoms with van der Waals surface area (Å²) in [7, 11) is 0. The summed E-state index contributed by atoms with van der Waals surface area (Å²) in [5.74, 6) is 0.0928. The molecule has 1 unspecified atom stereocenters. The van der Waals surface area contributed by atoms with Gasteiger partial charge in [-0.1, -0.05) is 29.8 Å². The third-order valence-electron chi connectivity index (χ3n) is 6.34. The van der Waals surface area contributed by atoms with Crippen LogP contribution in [0.4, 0.5) is 0 Å². The Morgan fingerprint density at radius 2 is 1.85 bits per heavy atom. The summed E-state index contributed by atoms with van der Waals surface area (Å²) in [4.78, 5) is 22.0. The first-order chi connectivity index (χ1) is 16.4. The van der Waals surface area contributed by atoms with E-state index in [1.54, 1.807) is 12.1 Å². The molecule has 2 aromatic heterocycles. The summed E-state index contributed by atoms with van der Waals surface area (Å²) >= 11 is 13.6. The zero-order chi connectivity index (χ0) is 23.8. The van der Waals surface area contributed by atoms with Gasteiger partial charge in [-0.15, -0.1) is 0 Å². The molecule has 1 N–H and O–H groups in total. The van der Waals surface area contributed by atoms with Crippen LogP contribution in [0.25, 0.3) is 12.2 Å². The second kappa shape index (κ2) is 9.77. The molecule has 1 fully saturated rings. The fraction of sp³-hybridized carbons (Fsp3) is 0.240. The van der Waals surface area contributed by atoms with Crippen molar-refractivity contribution in [1.29, 1.82) is 0 Å². The molecule has 0 radical (unpaired) electrons. The van der Waals surface area contributed by atoms with Crippen molar-refractivity contribution in [2.24, 2.45) is 0 Å². The lowest BCUT2D eigenvalue weighted by molar-refractivity contribution is -0.904. The quantitative estimate of drug-likeness (QED) is 0.346. The molecule has 0 saturated carbocycles. The second-order valence-corrected chi connectivity index (χ2v) is 10.5. The predicted octanol–water partition coefficient (Wildman–Crippen LogP) is 4.74. The number of carbonyl (C=O) groups is 1. The van der Waals surface area contributed by atoms with Gasteiger partial charge in [-0.3, -0.25) is 19.9 Å². The lowest BCUT2D eigenvalue weighted by atomic mass is 9.95. The molecule has 1 atom stereocenters. The van der Waals surface area contributed by atoms with Gasteiger partial charge in [0.15, 0.2) is 0 Å². The van der Waals surface area contributed by atoms with Gasteiger partial charge in [0.25, 0.3) is 0 Å². The molecule has 1 saturated heterocycles. The Hall–Kier alpha value is -2.26. The minimum absolute atomic E-state index is 0.0481. The molecule has 0 spiro atoms. The van der Waals surface area contributed by atoms with Crippen molar-refractivity contribution < 1.29 is 14.7 Å². The van der Waals surface area contributed by atoms with E-state index >= 15 is 0 Å². The number of amides is 1. The van der Waals surface area contributed by atoms with E-state index in [2.05, 4.69) is 61.0 Å². The van der Waals surface area contributed by atoms with Crippen molar-refractivity contribution in [2.45, 2.75) is 12.5 Å². The molecular formula is C25H22Br2ClN4O2+. The highest BCUT2D eigenvalue weighted by atomic mass is 79.9. The number of fused-ring (bicyclic) bond motifs is 2. The zero-order valence-corrected chi connectivity index (χ0v) is 22.1. The van der Waals surface area contributed by atoms with Crippen LogP contribution < -0.4 is 4.73 Å². The number of rotatable bonds is 3. The Morgan fingerprint density at radius 1 is 1.12 bits per heavy atom. The summed E-state index contributed by atoms with van der Waals surface area (Å²) in [5.41, 5.74) is 5.13. The summed E-state index contributed by atoms with van der Waals surface area (Å²) < 4.78 is 2.78. The first-order valence-electron chi connectivity index (χ1n) is 10.9. The van der Waals surface area contributed by atoms with Crippen LogP contribution in [0, 0.1) is 0 Å². The maximum Gasteiger partial charge on any atom is 0.227 e. The highest BCUT2D eigenvalue weighted by molar-refractivity contribution is 9.10. The number of carbonyl (C=O) groups excluding carboxylic acids is 1. The SMILES string of the molecule is O=C(Cc1cc[n+](O)cc1)N1CCN(C2c3ccc(Cl)c(Br)c3C=Cc3cc(Br)cnc32)CC1. The Bertz CT molecular complexity index is 1270. The van der Waals surface area contributed by atoms with Gasteiger partial charge in [-0.05, 0) is 66.2 Å². The Labute approximate surface area is 219 Å². The number of nitrogens with zero attached hydrogens (tertiary/aromatic N) is 4. The summed E-state index contributed by atoms with van der Waals surface area (Å²) in [6.07, 6.45) is 9.40. The van der Waals surface area contributed by atoms with Gasteiger partial charge < -0.3 is 4.90 Å². The topological polar surface area (TPSA) is 60.6 Å². The predicted molar refractivity (Wildman–Crippen MR) is 138 cm³/mol. The third kappa shape index (κ3) is 4.64. The standard InChI is InChI=1S/C25H22Br2ClN4O2/c26-18-14-17-1-2-19-20(3-4-21(28)23(19)27)25(24(17)29-15-18)31-11-9-30(10-12-31)22(33)13-16-5-7-32(34)8-6-16/h1-8,14-15,25,34H,9-13H2/q+1.